The van der Waals surface area contributed by atoms with Gasteiger partial charge in [-0.1, -0.05) is 38.5 Å². The maximum atomic E-state index is 12.1. The molecule has 1 aromatic carbocycles. The zero-order valence-corrected chi connectivity index (χ0v) is 13.8. The van der Waals surface area contributed by atoms with Gasteiger partial charge in [0.05, 0.1) is 5.69 Å². The molecule has 0 spiro atoms. The van der Waals surface area contributed by atoms with Gasteiger partial charge in [0, 0.05) is 12.1 Å². The molecule has 1 fully saturated rings. The number of anilines is 1. The largest absolute Gasteiger partial charge is 0.487 e. The highest BCUT2D eigenvalue weighted by atomic mass is 16.5. The number of nitrogen functional groups attached to an aromatic ring is 1. The van der Waals surface area contributed by atoms with Crippen LogP contribution in [0.2, 0.25) is 0 Å². The first-order valence-corrected chi connectivity index (χ1v) is 8.22. The van der Waals surface area contributed by atoms with Crippen LogP contribution in [0.3, 0.4) is 0 Å². The average molecular weight is 314 g/mol. The second-order valence-corrected chi connectivity index (χ2v) is 6.11. The minimum absolute atomic E-state index is 0.0469. The fraction of sp³-hybridized carbons (Fsp3) is 0.421. The lowest BCUT2D eigenvalue weighted by Crippen LogP contribution is -2.40. The summed E-state index contributed by atoms with van der Waals surface area (Å²) in [7, 11) is 0. The number of benzene rings is 1. The van der Waals surface area contributed by atoms with Crippen molar-refractivity contribution in [3.63, 3.8) is 0 Å². The van der Waals surface area contributed by atoms with Crippen LogP contribution in [0, 0.1) is 5.92 Å². The van der Waals surface area contributed by atoms with E-state index >= 15 is 0 Å². The van der Waals surface area contributed by atoms with Gasteiger partial charge in [-0.2, -0.15) is 0 Å². The Morgan fingerprint density at radius 1 is 1.43 bits per heavy atom. The van der Waals surface area contributed by atoms with E-state index in [4.69, 9.17) is 10.5 Å². The van der Waals surface area contributed by atoms with Crippen molar-refractivity contribution in [3.8, 4) is 5.75 Å². The Kier molecular flexibility index (Phi) is 6.27. The zero-order valence-electron chi connectivity index (χ0n) is 13.8. The summed E-state index contributed by atoms with van der Waals surface area (Å²) in [6.07, 6.45) is 9.74. The fourth-order valence-corrected chi connectivity index (χ4v) is 2.88. The van der Waals surface area contributed by atoms with Crippen LogP contribution in [0.15, 0.2) is 36.9 Å². The van der Waals surface area contributed by atoms with Crippen molar-refractivity contribution in [2.75, 3.05) is 12.3 Å². The molecule has 2 unspecified atom stereocenters. The molecule has 4 heteroatoms. The van der Waals surface area contributed by atoms with E-state index in [-0.39, 0.29) is 5.91 Å². The minimum Gasteiger partial charge on any atom is -0.487 e. The van der Waals surface area contributed by atoms with Gasteiger partial charge in [0.15, 0.2) is 0 Å². The second-order valence-electron chi connectivity index (χ2n) is 6.11. The average Bonchev–Trinajstić information content (AvgIpc) is 2.54. The third kappa shape index (κ3) is 5.16. The van der Waals surface area contributed by atoms with Gasteiger partial charge in [-0.05, 0) is 42.5 Å². The van der Waals surface area contributed by atoms with Crippen LogP contribution in [0.1, 0.15) is 38.2 Å². The van der Waals surface area contributed by atoms with Crippen LogP contribution in [-0.4, -0.2) is 18.6 Å². The predicted molar refractivity (Wildman–Crippen MR) is 95.1 cm³/mol. The van der Waals surface area contributed by atoms with E-state index in [2.05, 4.69) is 18.8 Å². The number of nitrogens with one attached hydrogen (secondary N) is 1. The number of ether oxygens (including phenoxy) is 1. The molecule has 23 heavy (non-hydrogen) atoms. The van der Waals surface area contributed by atoms with Crippen LogP contribution < -0.4 is 15.8 Å². The van der Waals surface area contributed by atoms with E-state index in [0.29, 0.717) is 30.0 Å². The van der Waals surface area contributed by atoms with Crippen molar-refractivity contribution in [3.05, 3.63) is 42.5 Å². The Morgan fingerprint density at radius 2 is 2.22 bits per heavy atom. The Balaban J connectivity index is 1.92. The van der Waals surface area contributed by atoms with Gasteiger partial charge in [0.2, 0.25) is 5.91 Å². The second kappa shape index (κ2) is 8.42. The van der Waals surface area contributed by atoms with Crippen LogP contribution in [0.4, 0.5) is 5.69 Å². The Hall–Kier alpha value is -2.23. The summed E-state index contributed by atoms with van der Waals surface area (Å²) in [5.41, 5.74) is 7.37. The maximum absolute atomic E-state index is 12.1. The maximum Gasteiger partial charge on any atom is 0.244 e. The molecule has 0 saturated heterocycles. The number of rotatable bonds is 6. The van der Waals surface area contributed by atoms with Crippen molar-refractivity contribution in [2.45, 2.75) is 38.6 Å². The fourth-order valence-electron chi connectivity index (χ4n) is 2.88. The van der Waals surface area contributed by atoms with E-state index in [1.807, 2.05) is 6.07 Å². The van der Waals surface area contributed by atoms with Crippen LogP contribution in [-0.2, 0) is 4.79 Å². The number of carbonyl (C=O) groups is 1. The van der Waals surface area contributed by atoms with Gasteiger partial charge in [-0.25, -0.2) is 0 Å². The zero-order chi connectivity index (χ0) is 16.7. The van der Waals surface area contributed by atoms with E-state index in [9.17, 15) is 4.79 Å². The molecule has 1 aliphatic rings. The Morgan fingerprint density at radius 3 is 2.91 bits per heavy atom. The molecular formula is C19H26N2O2. The van der Waals surface area contributed by atoms with E-state index in [0.717, 1.165) is 12.0 Å². The van der Waals surface area contributed by atoms with Crippen LogP contribution in [0.5, 0.6) is 5.75 Å². The summed E-state index contributed by atoms with van der Waals surface area (Å²) < 4.78 is 5.43. The number of hydrogen-bond donors (Lipinski definition) is 2. The molecule has 0 aromatic heterocycles. The monoisotopic (exact) mass is 314 g/mol. The van der Waals surface area contributed by atoms with Crippen molar-refractivity contribution in [2.24, 2.45) is 5.92 Å². The number of carbonyl (C=O) groups excluding carboxylic acids is 1. The molecule has 0 heterocycles. The first kappa shape index (κ1) is 17.1. The van der Waals surface area contributed by atoms with Crippen LogP contribution in [0.25, 0.3) is 6.08 Å². The molecule has 2 rings (SSSR count). The van der Waals surface area contributed by atoms with Crippen molar-refractivity contribution >= 4 is 17.7 Å². The first-order chi connectivity index (χ1) is 11.1. The smallest absolute Gasteiger partial charge is 0.244 e. The summed E-state index contributed by atoms with van der Waals surface area (Å²) in [6.45, 7) is 6.23. The van der Waals surface area contributed by atoms with Crippen molar-refractivity contribution in [1.29, 1.82) is 0 Å². The van der Waals surface area contributed by atoms with Gasteiger partial charge >= 0.3 is 0 Å². The molecule has 0 radical (unpaired) electrons. The molecule has 1 saturated carbocycles. The summed E-state index contributed by atoms with van der Waals surface area (Å²) in [6, 6.07) is 5.77. The molecule has 0 aliphatic heterocycles. The van der Waals surface area contributed by atoms with E-state index in [1.165, 1.54) is 19.3 Å². The molecule has 1 aliphatic carbocycles. The predicted octanol–water partition coefficient (Wildman–Crippen LogP) is 3.54. The Bertz CT molecular complexity index is 581. The SMILES string of the molecule is C=CCOc1ccc(/C=C\C(=O)NC2CCCCC2C)cc1N. The molecule has 0 bridgehead atoms. The summed E-state index contributed by atoms with van der Waals surface area (Å²) >= 11 is 0. The van der Waals surface area contributed by atoms with Crippen molar-refractivity contribution < 1.29 is 9.53 Å². The number of amides is 1. The third-order valence-corrected chi connectivity index (χ3v) is 4.26. The first-order valence-electron chi connectivity index (χ1n) is 8.22. The number of hydrogen-bond acceptors (Lipinski definition) is 3. The summed E-state index contributed by atoms with van der Waals surface area (Å²) in [5.74, 6) is 1.13. The van der Waals surface area contributed by atoms with Gasteiger partial charge in [-0.3, -0.25) is 4.79 Å². The lowest BCUT2D eigenvalue weighted by Gasteiger charge is -2.29. The summed E-state index contributed by atoms with van der Waals surface area (Å²) in [4.78, 5) is 12.1. The highest BCUT2D eigenvalue weighted by Crippen LogP contribution is 2.24. The minimum atomic E-state index is -0.0469. The van der Waals surface area contributed by atoms with Gasteiger partial charge in [-0.15, -0.1) is 0 Å². The standard InChI is InChI=1S/C19H26N2O2/c1-3-12-23-18-10-8-15(13-16(18)20)9-11-19(22)21-17-7-5-4-6-14(17)2/h3,8-11,13-14,17H,1,4-7,12,20H2,2H3,(H,21,22)/b11-9-. The highest BCUT2D eigenvalue weighted by molar-refractivity contribution is 5.92. The van der Waals surface area contributed by atoms with Gasteiger partial charge in [0.25, 0.3) is 0 Å². The lowest BCUT2D eigenvalue weighted by atomic mass is 9.86. The van der Waals surface area contributed by atoms with Crippen molar-refractivity contribution in [1.82, 2.24) is 5.32 Å². The molecule has 1 aromatic rings. The molecule has 124 valence electrons. The molecule has 1 amide bonds. The summed E-state index contributed by atoms with van der Waals surface area (Å²) in [5, 5.41) is 3.10. The normalized spacial score (nSPS) is 21.1. The number of nitrogens with two attached hydrogens (primary N) is 1. The van der Waals surface area contributed by atoms with Gasteiger partial charge in [0.1, 0.15) is 12.4 Å². The third-order valence-electron chi connectivity index (χ3n) is 4.26. The lowest BCUT2D eigenvalue weighted by molar-refractivity contribution is -0.117. The Labute approximate surface area is 138 Å². The highest BCUT2D eigenvalue weighted by Gasteiger charge is 2.21. The van der Waals surface area contributed by atoms with Crippen LogP contribution >= 0.6 is 0 Å². The molecule has 4 nitrogen and oxygen atoms in total. The van der Waals surface area contributed by atoms with Gasteiger partial charge < -0.3 is 15.8 Å². The molecule has 3 N–H and O–H groups in total. The van der Waals surface area contributed by atoms with E-state index < -0.39 is 0 Å². The van der Waals surface area contributed by atoms with E-state index in [1.54, 1.807) is 30.4 Å². The molecular weight excluding hydrogens is 288 g/mol. The quantitative estimate of drug-likeness (QED) is 0.479. The topological polar surface area (TPSA) is 64.3 Å². The molecule has 2 atom stereocenters.